The molecule has 0 saturated carbocycles. The third-order valence-corrected chi connectivity index (χ3v) is 3.34. The predicted octanol–water partition coefficient (Wildman–Crippen LogP) is 3.00. The van der Waals surface area contributed by atoms with Crippen molar-refractivity contribution < 1.29 is 0 Å². The van der Waals surface area contributed by atoms with Crippen molar-refractivity contribution in [3.8, 4) is 0 Å². The van der Waals surface area contributed by atoms with Crippen LogP contribution in [0.4, 0.5) is 0 Å². The molecule has 0 radical (unpaired) electrons. The zero-order valence-electron chi connectivity index (χ0n) is 12.1. The first-order valence-corrected chi connectivity index (χ1v) is 6.61. The van der Waals surface area contributed by atoms with Crippen molar-refractivity contribution in [1.29, 1.82) is 0 Å². The largest absolute Gasteiger partial charge is 0.308 e. The first-order valence-electron chi connectivity index (χ1n) is 6.61. The Morgan fingerprint density at radius 3 is 1.58 bits per heavy atom. The Labute approximate surface area is 115 Å². The summed E-state index contributed by atoms with van der Waals surface area (Å²) in [4.78, 5) is 8.68. The Hall–Kier alpha value is -1.74. The van der Waals surface area contributed by atoms with Gasteiger partial charge in [-0.25, -0.2) is 0 Å². The second kappa shape index (κ2) is 5.93. The maximum absolute atomic E-state index is 4.34. The summed E-state index contributed by atoms with van der Waals surface area (Å²) in [6.07, 6.45) is 3.91. The van der Waals surface area contributed by atoms with Crippen LogP contribution in [-0.2, 0) is 13.1 Å². The maximum Gasteiger partial charge on any atom is 0.0375 e. The molecule has 2 heterocycles. The van der Waals surface area contributed by atoms with Crippen LogP contribution in [0.5, 0.6) is 0 Å². The maximum atomic E-state index is 4.34. The van der Waals surface area contributed by atoms with Crippen LogP contribution in [0.3, 0.4) is 0 Å². The molecule has 19 heavy (non-hydrogen) atoms. The van der Waals surface area contributed by atoms with Gasteiger partial charge in [-0.05, 0) is 62.1 Å². The summed E-state index contributed by atoms with van der Waals surface area (Å²) in [6.45, 7) is 9.98. The van der Waals surface area contributed by atoms with Gasteiger partial charge in [0.15, 0.2) is 0 Å². The lowest BCUT2D eigenvalue weighted by atomic mass is 10.1. The van der Waals surface area contributed by atoms with E-state index in [9.17, 15) is 0 Å². The molecule has 0 aromatic carbocycles. The molecular formula is C16H21N3. The molecule has 2 aromatic rings. The number of hydrogen-bond donors (Lipinski definition) is 1. The molecular weight excluding hydrogens is 234 g/mol. The summed E-state index contributed by atoms with van der Waals surface area (Å²) < 4.78 is 0. The normalized spacial score (nSPS) is 10.7. The minimum absolute atomic E-state index is 0.840. The summed E-state index contributed by atoms with van der Waals surface area (Å²) in [5.41, 5.74) is 7.23. The van der Waals surface area contributed by atoms with Gasteiger partial charge in [-0.3, -0.25) is 9.97 Å². The molecule has 0 bridgehead atoms. The topological polar surface area (TPSA) is 37.8 Å². The van der Waals surface area contributed by atoms with Crippen LogP contribution in [0.1, 0.15) is 33.6 Å². The molecule has 0 aliphatic rings. The second-order valence-electron chi connectivity index (χ2n) is 5.11. The van der Waals surface area contributed by atoms with Gasteiger partial charge >= 0.3 is 0 Å². The highest BCUT2D eigenvalue weighted by atomic mass is 14.9. The molecule has 0 aliphatic carbocycles. The van der Waals surface area contributed by atoms with E-state index in [1.165, 1.54) is 22.3 Å². The lowest BCUT2D eigenvalue weighted by molar-refractivity contribution is 0.683. The first-order chi connectivity index (χ1) is 9.06. The van der Waals surface area contributed by atoms with E-state index in [0.29, 0.717) is 0 Å². The number of rotatable bonds is 4. The minimum atomic E-state index is 0.840. The molecule has 0 saturated heterocycles. The number of aryl methyl sites for hydroxylation is 4. The number of aromatic nitrogens is 2. The highest BCUT2D eigenvalue weighted by Crippen LogP contribution is 2.10. The highest BCUT2D eigenvalue weighted by Gasteiger charge is 2.02. The molecule has 1 N–H and O–H groups in total. The molecule has 2 aromatic heterocycles. The summed E-state index contributed by atoms with van der Waals surface area (Å²) in [7, 11) is 0. The quantitative estimate of drug-likeness (QED) is 0.912. The second-order valence-corrected chi connectivity index (χ2v) is 5.11. The van der Waals surface area contributed by atoms with Gasteiger partial charge in [0, 0.05) is 36.9 Å². The van der Waals surface area contributed by atoms with Crippen LogP contribution in [-0.4, -0.2) is 9.97 Å². The van der Waals surface area contributed by atoms with Crippen LogP contribution in [0.25, 0.3) is 0 Å². The van der Waals surface area contributed by atoms with E-state index in [2.05, 4.69) is 41.3 Å². The molecule has 0 spiro atoms. The van der Waals surface area contributed by atoms with Crippen molar-refractivity contribution in [3.05, 3.63) is 58.2 Å². The predicted molar refractivity (Wildman–Crippen MR) is 78.0 cm³/mol. The van der Waals surface area contributed by atoms with Gasteiger partial charge in [0.05, 0.1) is 0 Å². The van der Waals surface area contributed by atoms with Crippen LogP contribution >= 0.6 is 0 Å². The fraction of sp³-hybridized carbons (Fsp3) is 0.375. The summed E-state index contributed by atoms with van der Waals surface area (Å²) >= 11 is 0. The van der Waals surface area contributed by atoms with Crippen LogP contribution in [0.15, 0.2) is 24.5 Å². The summed E-state index contributed by atoms with van der Waals surface area (Å²) in [5.74, 6) is 0. The van der Waals surface area contributed by atoms with Crippen molar-refractivity contribution >= 4 is 0 Å². The van der Waals surface area contributed by atoms with Gasteiger partial charge in [-0.15, -0.1) is 0 Å². The molecule has 3 nitrogen and oxygen atoms in total. The van der Waals surface area contributed by atoms with Gasteiger partial charge in [0.25, 0.3) is 0 Å². The molecule has 2 rings (SSSR count). The van der Waals surface area contributed by atoms with Crippen molar-refractivity contribution in [2.24, 2.45) is 0 Å². The Bertz CT molecular complexity index is 525. The molecule has 0 aliphatic heterocycles. The smallest absolute Gasteiger partial charge is 0.0375 e. The fourth-order valence-corrected chi connectivity index (χ4v) is 2.15. The zero-order chi connectivity index (χ0) is 13.8. The molecule has 0 amide bonds. The first kappa shape index (κ1) is 13.7. The van der Waals surface area contributed by atoms with Crippen molar-refractivity contribution in [1.82, 2.24) is 15.3 Å². The van der Waals surface area contributed by atoms with E-state index in [1.807, 2.05) is 26.2 Å². The van der Waals surface area contributed by atoms with E-state index in [4.69, 9.17) is 0 Å². The van der Waals surface area contributed by atoms with E-state index < -0.39 is 0 Å². The third-order valence-electron chi connectivity index (χ3n) is 3.34. The van der Waals surface area contributed by atoms with Crippen LogP contribution in [0.2, 0.25) is 0 Å². The Morgan fingerprint density at radius 1 is 0.789 bits per heavy atom. The lowest BCUT2D eigenvalue weighted by Crippen LogP contribution is -2.15. The van der Waals surface area contributed by atoms with Crippen LogP contribution in [0, 0.1) is 27.7 Å². The molecule has 3 heteroatoms. The minimum Gasteiger partial charge on any atom is -0.308 e. The number of pyridine rings is 2. The lowest BCUT2D eigenvalue weighted by Gasteiger charge is -2.10. The van der Waals surface area contributed by atoms with Gasteiger partial charge in [0.1, 0.15) is 0 Å². The van der Waals surface area contributed by atoms with E-state index in [-0.39, 0.29) is 0 Å². The van der Waals surface area contributed by atoms with Crippen molar-refractivity contribution in [2.75, 3.05) is 0 Å². The molecule has 0 atom stereocenters. The van der Waals surface area contributed by atoms with E-state index in [1.54, 1.807) is 0 Å². The molecule has 100 valence electrons. The van der Waals surface area contributed by atoms with Gasteiger partial charge < -0.3 is 5.32 Å². The standard InChI is InChI=1S/C16H21N3/c1-11-5-13(3)18-9-15(11)7-17-8-16-10-19-14(4)6-12(16)2/h5-6,9-10,17H,7-8H2,1-4H3. The van der Waals surface area contributed by atoms with Gasteiger partial charge in [0.2, 0.25) is 0 Å². The van der Waals surface area contributed by atoms with E-state index in [0.717, 1.165) is 24.5 Å². The number of hydrogen-bond acceptors (Lipinski definition) is 3. The van der Waals surface area contributed by atoms with E-state index >= 15 is 0 Å². The van der Waals surface area contributed by atoms with Crippen molar-refractivity contribution in [2.45, 2.75) is 40.8 Å². The number of nitrogens with one attached hydrogen (secondary N) is 1. The molecule has 0 fully saturated rings. The monoisotopic (exact) mass is 255 g/mol. The Balaban J connectivity index is 1.96. The van der Waals surface area contributed by atoms with Gasteiger partial charge in [-0.2, -0.15) is 0 Å². The average molecular weight is 255 g/mol. The summed E-state index contributed by atoms with van der Waals surface area (Å²) in [6, 6.07) is 4.24. The fourth-order valence-electron chi connectivity index (χ4n) is 2.15. The average Bonchev–Trinajstić information content (AvgIpc) is 2.34. The zero-order valence-corrected chi connectivity index (χ0v) is 12.1. The van der Waals surface area contributed by atoms with Crippen molar-refractivity contribution in [3.63, 3.8) is 0 Å². The van der Waals surface area contributed by atoms with Gasteiger partial charge in [-0.1, -0.05) is 0 Å². The molecule has 0 unspecified atom stereocenters. The Morgan fingerprint density at radius 2 is 1.21 bits per heavy atom. The van der Waals surface area contributed by atoms with Crippen LogP contribution < -0.4 is 5.32 Å². The highest BCUT2D eigenvalue weighted by molar-refractivity contribution is 5.26. The SMILES string of the molecule is Cc1cc(C)c(CNCc2cnc(C)cc2C)cn1. The summed E-state index contributed by atoms with van der Waals surface area (Å²) in [5, 5.41) is 3.46. The number of nitrogens with zero attached hydrogens (tertiary/aromatic N) is 2. The Kier molecular flexibility index (Phi) is 4.27. The third kappa shape index (κ3) is 3.61.